The fourth-order valence-corrected chi connectivity index (χ4v) is 3.80. The molecule has 134 valence electrons. The van der Waals surface area contributed by atoms with Crippen molar-refractivity contribution in [1.29, 1.82) is 0 Å². The molecule has 0 saturated heterocycles. The summed E-state index contributed by atoms with van der Waals surface area (Å²) in [6.45, 7) is 5.69. The molecule has 0 fully saturated rings. The van der Waals surface area contributed by atoms with Gasteiger partial charge in [-0.2, -0.15) is 0 Å². The Bertz CT molecular complexity index is 545. The molecule has 0 bridgehead atoms. The van der Waals surface area contributed by atoms with Gasteiger partial charge in [-0.1, -0.05) is 18.1 Å². The van der Waals surface area contributed by atoms with E-state index in [-0.39, 0.29) is 5.97 Å². The highest BCUT2D eigenvalue weighted by Crippen LogP contribution is 2.33. The average molecular weight is 352 g/mol. The van der Waals surface area contributed by atoms with Crippen molar-refractivity contribution in [2.24, 2.45) is 5.92 Å². The first-order valence-corrected chi connectivity index (χ1v) is 9.71. The molecular weight excluding hydrogens is 322 g/mol. The van der Waals surface area contributed by atoms with E-state index >= 15 is 0 Å². The molecule has 24 heavy (non-hydrogen) atoms. The minimum atomic E-state index is -0.504. The average Bonchev–Trinajstić information content (AvgIpc) is 2.93. The van der Waals surface area contributed by atoms with E-state index in [1.54, 1.807) is 6.20 Å². The van der Waals surface area contributed by atoms with E-state index in [0.717, 1.165) is 24.3 Å². The van der Waals surface area contributed by atoms with E-state index < -0.39 is 11.7 Å². The molecule has 2 rings (SSSR count). The number of allylic oxidation sites excluding steroid dienone is 1. The molecule has 1 aliphatic rings. The largest absolute Gasteiger partial charge is 0.460 e. The zero-order valence-electron chi connectivity index (χ0n) is 15.0. The summed E-state index contributed by atoms with van der Waals surface area (Å²) in [5.41, 5.74) is 0.743. The van der Waals surface area contributed by atoms with Gasteiger partial charge in [0, 0.05) is 11.6 Å². The highest BCUT2D eigenvalue weighted by atomic mass is 32.1. The third-order valence-corrected chi connectivity index (χ3v) is 5.11. The summed E-state index contributed by atoms with van der Waals surface area (Å²) in [6, 6.07) is 0. The fourth-order valence-electron chi connectivity index (χ4n) is 3.15. The van der Waals surface area contributed by atoms with Crippen LogP contribution in [0.4, 0.5) is 0 Å². The van der Waals surface area contributed by atoms with Crippen molar-refractivity contribution in [2.45, 2.75) is 77.4 Å². The molecule has 0 spiro atoms. The van der Waals surface area contributed by atoms with Gasteiger partial charge in [-0.05, 0) is 58.8 Å². The summed E-state index contributed by atoms with van der Waals surface area (Å²) < 4.78 is 5.48. The quantitative estimate of drug-likeness (QED) is 0.590. The molecule has 4 nitrogen and oxygen atoms in total. The van der Waals surface area contributed by atoms with Gasteiger partial charge in [-0.25, -0.2) is 4.98 Å². The summed E-state index contributed by atoms with van der Waals surface area (Å²) >= 11 is 1.49. The van der Waals surface area contributed by atoms with Gasteiger partial charge in [-0.15, -0.1) is 11.3 Å². The molecule has 0 aliphatic heterocycles. The maximum atomic E-state index is 12.2. The summed E-state index contributed by atoms with van der Waals surface area (Å²) in [6.07, 6.45) is 9.84. The lowest BCUT2D eigenvalue weighted by Gasteiger charge is -2.23. The SMILES string of the molecule is CC(C)(C)OC(=O)CC1=CCCCCC1CCC(O)c1nccs1. The highest BCUT2D eigenvalue weighted by molar-refractivity contribution is 7.09. The summed E-state index contributed by atoms with van der Waals surface area (Å²) in [7, 11) is 0. The first-order chi connectivity index (χ1) is 11.3. The number of thiazole rings is 1. The molecule has 1 aromatic heterocycles. The number of aliphatic hydroxyl groups is 1. The molecule has 1 aliphatic carbocycles. The van der Waals surface area contributed by atoms with Crippen molar-refractivity contribution in [3.63, 3.8) is 0 Å². The van der Waals surface area contributed by atoms with E-state index in [1.165, 1.54) is 29.8 Å². The van der Waals surface area contributed by atoms with Gasteiger partial charge in [0.15, 0.2) is 0 Å². The second-order valence-electron chi connectivity index (χ2n) is 7.49. The zero-order valence-corrected chi connectivity index (χ0v) is 15.8. The third kappa shape index (κ3) is 6.36. The van der Waals surface area contributed by atoms with Crippen molar-refractivity contribution in [3.8, 4) is 0 Å². The predicted octanol–water partition coefficient (Wildman–Crippen LogP) is 4.81. The fraction of sp³-hybridized carbons (Fsp3) is 0.684. The Morgan fingerprint density at radius 2 is 2.25 bits per heavy atom. The van der Waals surface area contributed by atoms with Gasteiger partial charge in [0.05, 0.1) is 6.42 Å². The van der Waals surface area contributed by atoms with E-state index in [9.17, 15) is 9.90 Å². The third-order valence-electron chi connectivity index (χ3n) is 4.23. The lowest BCUT2D eigenvalue weighted by Crippen LogP contribution is -2.24. The van der Waals surface area contributed by atoms with Crippen LogP contribution in [0, 0.1) is 5.92 Å². The molecule has 1 aromatic rings. The normalized spacial score (nSPS) is 20.2. The predicted molar refractivity (Wildman–Crippen MR) is 96.8 cm³/mol. The first-order valence-electron chi connectivity index (χ1n) is 8.83. The topological polar surface area (TPSA) is 59.4 Å². The van der Waals surface area contributed by atoms with Crippen molar-refractivity contribution in [1.82, 2.24) is 4.98 Å². The Hall–Kier alpha value is -1.20. The van der Waals surface area contributed by atoms with Crippen LogP contribution in [0.15, 0.2) is 23.2 Å². The maximum Gasteiger partial charge on any atom is 0.310 e. The Morgan fingerprint density at radius 1 is 1.46 bits per heavy atom. The number of hydrogen-bond donors (Lipinski definition) is 1. The van der Waals surface area contributed by atoms with Gasteiger partial charge in [-0.3, -0.25) is 4.79 Å². The van der Waals surface area contributed by atoms with Crippen LogP contribution >= 0.6 is 11.3 Å². The van der Waals surface area contributed by atoms with Crippen LogP contribution in [-0.2, 0) is 9.53 Å². The number of aromatic nitrogens is 1. The molecule has 0 saturated carbocycles. The number of hydrogen-bond acceptors (Lipinski definition) is 5. The first kappa shape index (κ1) is 19.1. The smallest absolute Gasteiger partial charge is 0.310 e. The number of carbonyl (C=O) groups excluding carboxylic acids is 1. The number of nitrogens with zero attached hydrogens (tertiary/aromatic N) is 1. The Labute approximate surface area is 149 Å². The van der Waals surface area contributed by atoms with Crippen molar-refractivity contribution in [2.75, 3.05) is 0 Å². The standard InChI is InChI=1S/C19H29NO3S/c1-19(2,3)23-17(22)13-15-8-6-4-5-7-14(15)9-10-16(21)18-20-11-12-24-18/h8,11-12,14,16,21H,4-7,9-10,13H2,1-3H3. The van der Waals surface area contributed by atoms with Crippen LogP contribution in [0.3, 0.4) is 0 Å². The van der Waals surface area contributed by atoms with Crippen molar-refractivity contribution >= 4 is 17.3 Å². The minimum absolute atomic E-state index is 0.152. The van der Waals surface area contributed by atoms with Crippen LogP contribution in [0.2, 0.25) is 0 Å². The van der Waals surface area contributed by atoms with E-state index in [4.69, 9.17) is 4.74 Å². The zero-order chi connectivity index (χ0) is 17.6. The van der Waals surface area contributed by atoms with Gasteiger partial charge >= 0.3 is 5.97 Å². The summed E-state index contributed by atoms with van der Waals surface area (Å²) in [4.78, 5) is 16.4. The van der Waals surface area contributed by atoms with Gasteiger partial charge in [0.1, 0.15) is 16.7 Å². The molecule has 1 N–H and O–H groups in total. The Morgan fingerprint density at radius 3 is 2.92 bits per heavy atom. The van der Waals surface area contributed by atoms with E-state index in [1.807, 2.05) is 26.2 Å². The van der Waals surface area contributed by atoms with Gasteiger partial charge in [0.25, 0.3) is 0 Å². The van der Waals surface area contributed by atoms with Crippen LogP contribution in [0.5, 0.6) is 0 Å². The van der Waals surface area contributed by atoms with Gasteiger partial charge in [0.2, 0.25) is 0 Å². The van der Waals surface area contributed by atoms with Crippen LogP contribution in [-0.4, -0.2) is 21.7 Å². The second-order valence-corrected chi connectivity index (χ2v) is 8.41. The van der Waals surface area contributed by atoms with Crippen LogP contribution in [0.1, 0.15) is 76.8 Å². The number of aliphatic hydroxyl groups excluding tert-OH is 1. The highest BCUT2D eigenvalue weighted by Gasteiger charge is 2.24. The minimum Gasteiger partial charge on any atom is -0.460 e. The maximum absolute atomic E-state index is 12.2. The van der Waals surface area contributed by atoms with Gasteiger partial charge < -0.3 is 9.84 Å². The van der Waals surface area contributed by atoms with Crippen LogP contribution in [0.25, 0.3) is 0 Å². The number of ether oxygens (including phenoxy) is 1. The summed E-state index contributed by atoms with van der Waals surface area (Å²) in [5.74, 6) is 0.204. The molecule has 2 atom stereocenters. The molecule has 0 radical (unpaired) electrons. The Kier molecular flexibility index (Phi) is 6.99. The second kappa shape index (κ2) is 8.77. The lowest BCUT2D eigenvalue weighted by atomic mass is 9.88. The molecule has 0 amide bonds. The monoisotopic (exact) mass is 351 g/mol. The van der Waals surface area contributed by atoms with Crippen molar-refractivity contribution in [3.05, 3.63) is 28.2 Å². The van der Waals surface area contributed by atoms with Crippen LogP contribution < -0.4 is 0 Å². The van der Waals surface area contributed by atoms with E-state index in [2.05, 4.69) is 11.1 Å². The van der Waals surface area contributed by atoms with E-state index in [0.29, 0.717) is 18.8 Å². The number of rotatable bonds is 6. The van der Waals surface area contributed by atoms with Crippen molar-refractivity contribution < 1.29 is 14.6 Å². The number of esters is 1. The molecule has 0 aromatic carbocycles. The lowest BCUT2D eigenvalue weighted by molar-refractivity contribution is -0.154. The molecular formula is C19H29NO3S. The molecule has 1 heterocycles. The molecule has 2 unspecified atom stereocenters. The Balaban J connectivity index is 1.93. The number of carbonyl (C=O) groups is 1. The summed E-state index contributed by atoms with van der Waals surface area (Å²) in [5, 5.41) is 12.9. The molecule has 5 heteroatoms.